The lowest BCUT2D eigenvalue weighted by Gasteiger charge is -2.33. The number of amides is 1. The van der Waals surface area contributed by atoms with Crippen LogP contribution in [0, 0.1) is 12.8 Å². The summed E-state index contributed by atoms with van der Waals surface area (Å²) in [5.41, 5.74) is 1.04. The van der Waals surface area contributed by atoms with Gasteiger partial charge in [0.2, 0.25) is 15.9 Å². The summed E-state index contributed by atoms with van der Waals surface area (Å²) >= 11 is 0. The highest BCUT2D eigenvalue weighted by molar-refractivity contribution is 7.89. The summed E-state index contributed by atoms with van der Waals surface area (Å²) in [5, 5.41) is 3.30. The molecule has 2 aliphatic heterocycles. The molecule has 7 heteroatoms. The number of sulfonamides is 1. The highest BCUT2D eigenvalue weighted by Crippen LogP contribution is 2.25. The minimum absolute atomic E-state index is 0.0532. The lowest BCUT2D eigenvalue weighted by Crippen LogP contribution is -2.45. The molecule has 6 nitrogen and oxygen atoms in total. The van der Waals surface area contributed by atoms with Crippen LogP contribution in [0.2, 0.25) is 0 Å². The number of hydrogen-bond donors (Lipinski definition) is 1. The van der Waals surface area contributed by atoms with Crippen molar-refractivity contribution in [2.45, 2.75) is 31.1 Å². The molecule has 3 rings (SSSR count). The van der Waals surface area contributed by atoms with Gasteiger partial charge in [-0.2, -0.15) is 4.31 Å². The van der Waals surface area contributed by atoms with Gasteiger partial charge in [-0.05, 0) is 44.9 Å². The van der Waals surface area contributed by atoms with Crippen LogP contribution in [0.1, 0.15) is 24.8 Å². The van der Waals surface area contributed by atoms with E-state index in [4.69, 9.17) is 0 Å². The molecule has 0 aliphatic carbocycles. The Hall–Kier alpha value is -1.44. The van der Waals surface area contributed by atoms with Crippen molar-refractivity contribution in [3.05, 3.63) is 29.8 Å². The standard InChI is InChI=1S/C18H27N3O3S/c1-15-3-5-17(6-4-15)25(23,24)21-12-7-16(8-13-21)18(22)20-11-2-9-19-10-14-20/h3-6,16,19H,2,7-14H2,1H3. The van der Waals surface area contributed by atoms with Crippen LogP contribution in [0.25, 0.3) is 0 Å². The number of hydrogen-bond acceptors (Lipinski definition) is 4. The van der Waals surface area contributed by atoms with Gasteiger partial charge in [0, 0.05) is 38.6 Å². The van der Waals surface area contributed by atoms with E-state index in [9.17, 15) is 13.2 Å². The van der Waals surface area contributed by atoms with Gasteiger partial charge in [-0.15, -0.1) is 0 Å². The minimum atomic E-state index is -3.46. The van der Waals surface area contributed by atoms with Gasteiger partial charge in [0.15, 0.2) is 0 Å². The number of carbonyl (C=O) groups excluding carboxylic acids is 1. The molecule has 1 N–H and O–H groups in total. The van der Waals surface area contributed by atoms with Crippen molar-refractivity contribution in [1.82, 2.24) is 14.5 Å². The number of carbonyl (C=O) groups is 1. The van der Waals surface area contributed by atoms with Crippen LogP contribution in [-0.4, -0.2) is 62.8 Å². The van der Waals surface area contributed by atoms with Crippen molar-refractivity contribution in [1.29, 1.82) is 0 Å². The van der Waals surface area contributed by atoms with Crippen LogP contribution in [0.4, 0.5) is 0 Å². The zero-order valence-electron chi connectivity index (χ0n) is 14.8. The Morgan fingerprint density at radius 1 is 1.04 bits per heavy atom. The monoisotopic (exact) mass is 365 g/mol. The average molecular weight is 365 g/mol. The van der Waals surface area contributed by atoms with E-state index >= 15 is 0 Å². The first kappa shape index (κ1) is 18.4. The second kappa shape index (κ2) is 7.85. The number of nitrogens with zero attached hydrogens (tertiary/aromatic N) is 2. The third kappa shape index (κ3) is 4.22. The molecule has 0 spiro atoms. The second-order valence-electron chi connectivity index (χ2n) is 6.92. The van der Waals surface area contributed by atoms with Crippen molar-refractivity contribution in [3.63, 3.8) is 0 Å². The second-order valence-corrected chi connectivity index (χ2v) is 8.86. The molecule has 2 heterocycles. The summed E-state index contributed by atoms with van der Waals surface area (Å²) in [6, 6.07) is 6.95. The molecule has 0 aromatic heterocycles. The largest absolute Gasteiger partial charge is 0.341 e. The molecule has 0 unspecified atom stereocenters. The van der Waals surface area contributed by atoms with Gasteiger partial charge in [0.25, 0.3) is 0 Å². The number of nitrogens with one attached hydrogen (secondary N) is 1. The predicted octanol–water partition coefficient (Wildman–Crippen LogP) is 1.22. The Kier molecular flexibility index (Phi) is 5.76. The summed E-state index contributed by atoms with van der Waals surface area (Å²) in [5.74, 6) is 0.138. The van der Waals surface area contributed by atoms with Gasteiger partial charge < -0.3 is 10.2 Å². The molecule has 0 bridgehead atoms. The van der Waals surface area contributed by atoms with E-state index in [-0.39, 0.29) is 11.8 Å². The van der Waals surface area contributed by atoms with Gasteiger partial charge >= 0.3 is 0 Å². The first-order valence-corrected chi connectivity index (χ1v) is 10.5. The van der Waals surface area contributed by atoms with Crippen molar-refractivity contribution >= 4 is 15.9 Å². The Balaban J connectivity index is 1.61. The molecule has 138 valence electrons. The third-order valence-corrected chi connectivity index (χ3v) is 7.03. The van der Waals surface area contributed by atoms with E-state index in [0.29, 0.717) is 30.8 Å². The first-order chi connectivity index (χ1) is 12.0. The fraction of sp³-hybridized carbons (Fsp3) is 0.611. The van der Waals surface area contributed by atoms with E-state index in [1.807, 2.05) is 24.0 Å². The van der Waals surface area contributed by atoms with E-state index in [1.165, 1.54) is 4.31 Å². The topological polar surface area (TPSA) is 69.7 Å². The fourth-order valence-electron chi connectivity index (χ4n) is 3.53. The Morgan fingerprint density at radius 3 is 2.40 bits per heavy atom. The lowest BCUT2D eigenvalue weighted by atomic mass is 9.96. The quantitative estimate of drug-likeness (QED) is 0.874. The molecule has 25 heavy (non-hydrogen) atoms. The zero-order chi connectivity index (χ0) is 17.9. The van der Waals surface area contributed by atoms with E-state index in [2.05, 4.69) is 5.32 Å². The fourth-order valence-corrected chi connectivity index (χ4v) is 5.00. The summed E-state index contributed by atoms with van der Waals surface area (Å²) in [6.45, 7) is 6.11. The number of benzene rings is 1. The molecule has 1 aromatic rings. The summed E-state index contributed by atoms with van der Waals surface area (Å²) in [4.78, 5) is 15.0. The van der Waals surface area contributed by atoms with E-state index in [1.54, 1.807) is 12.1 Å². The van der Waals surface area contributed by atoms with Crippen molar-refractivity contribution in [2.75, 3.05) is 39.3 Å². The maximum absolute atomic E-state index is 12.7. The number of rotatable bonds is 3. The first-order valence-electron chi connectivity index (χ1n) is 9.05. The molecule has 2 saturated heterocycles. The zero-order valence-corrected chi connectivity index (χ0v) is 15.6. The van der Waals surface area contributed by atoms with Gasteiger partial charge in [-0.25, -0.2) is 8.42 Å². The van der Waals surface area contributed by atoms with Crippen molar-refractivity contribution in [2.24, 2.45) is 5.92 Å². The van der Waals surface area contributed by atoms with Crippen LogP contribution in [0.15, 0.2) is 29.2 Å². The molecule has 2 fully saturated rings. The third-order valence-electron chi connectivity index (χ3n) is 5.11. The Morgan fingerprint density at radius 2 is 1.72 bits per heavy atom. The van der Waals surface area contributed by atoms with Gasteiger partial charge in [0.1, 0.15) is 0 Å². The van der Waals surface area contributed by atoms with Crippen LogP contribution < -0.4 is 5.32 Å². The summed E-state index contributed by atoms with van der Waals surface area (Å²) < 4.78 is 27.0. The average Bonchev–Trinajstić information content (AvgIpc) is 2.91. The SMILES string of the molecule is Cc1ccc(S(=O)(=O)N2CCC(C(=O)N3CCCNCC3)CC2)cc1. The predicted molar refractivity (Wildman–Crippen MR) is 96.7 cm³/mol. The smallest absolute Gasteiger partial charge is 0.243 e. The molecule has 0 atom stereocenters. The summed E-state index contributed by atoms with van der Waals surface area (Å²) in [7, 11) is -3.46. The Bertz CT molecular complexity index is 687. The van der Waals surface area contributed by atoms with Gasteiger partial charge in [0.05, 0.1) is 4.90 Å². The maximum atomic E-state index is 12.7. The van der Waals surface area contributed by atoms with Crippen molar-refractivity contribution in [3.8, 4) is 0 Å². The van der Waals surface area contributed by atoms with Crippen LogP contribution >= 0.6 is 0 Å². The van der Waals surface area contributed by atoms with Crippen LogP contribution in [-0.2, 0) is 14.8 Å². The molecule has 1 amide bonds. The van der Waals surface area contributed by atoms with E-state index < -0.39 is 10.0 Å². The van der Waals surface area contributed by atoms with Crippen LogP contribution in [0.5, 0.6) is 0 Å². The van der Waals surface area contributed by atoms with E-state index in [0.717, 1.165) is 38.2 Å². The number of aryl methyl sites for hydroxylation is 1. The number of piperidine rings is 1. The Labute approximate surface area is 150 Å². The van der Waals surface area contributed by atoms with Gasteiger partial charge in [-0.1, -0.05) is 17.7 Å². The molecule has 0 saturated carbocycles. The molecular weight excluding hydrogens is 338 g/mol. The molecule has 2 aliphatic rings. The highest BCUT2D eigenvalue weighted by Gasteiger charge is 2.33. The normalized spacial score (nSPS) is 21.1. The van der Waals surface area contributed by atoms with Crippen LogP contribution in [0.3, 0.4) is 0 Å². The van der Waals surface area contributed by atoms with Gasteiger partial charge in [-0.3, -0.25) is 4.79 Å². The minimum Gasteiger partial charge on any atom is -0.341 e. The highest BCUT2D eigenvalue weighted by atomic mass is 32.2. The lowest BCUT2D eigenvalue weighted by molar-refractivity contribution is -0.136. The van der Waals surface area contributed by atoms with Crippen molar-refractivity contribution < 1.29 is 13.2 Å². The summed E-state index contributed by atoms with van der Waals surface area (Å²) in [6.07, 6.45) is 2.19. The molecular formula is C18H27N3O3S. The molecule has 0 radical (unpaired) electrons. The maximum Gasteiger partial charge on any atom is 0.243 e. The molecule has 1 aromatic carbocycles.